The highest BCUT2D eigenvalue weighted by atomic mass is 31.1. The Morgan fingerprint density at radius 3 is 1.00 bits per heavy atom. The van der Waals surface area contributed by atoms with Crippen LogP contribution < -0.4 is 0 Å². The van der Waals surface area contributed by atoms with Crippen molar-refractivity contribution in [3.05, 3.63) is 0 Å². The molecule has 0 aromatic heterocycles. The van der Waals surface area contributed by atoms with Crippen molar-refractivity contribution in [3.8, 4) is 0 Å². The Balaban J connectivity index is 6.98. The molecule has 0 aliphatic heterocycles. The second kappa shape index (κ2) is 14.3. The Morgan fingerprint density at radius 1 is 0.519 bits per heavy atom. The molecule has 0 unspecified atom stereocenters. The minimum absolute atomic E-state index is 0.101. The lowest BCUT2D eigenvalue weighted by Crippen LogP contribution is -2.74. The molecule has 0 bridgehead atoms. The normalized spacial score (nSPS) is 13.3. The summed E-state index contributed by atoms with van der Waals surface area (Å²) in [6, 6.07) is 0. The van der Waals surface area contributed by atoms with Crippen LogP contribution in [0.2, 0.25) is 0 Å². The van der Waals surface area contributed by atoms with Crippen LogP contribution in [-0.4, -0.2) is 95.9 Å². The first-order valence-corrected chi connectivity index (χ1v) is 13.4. The molecule has 27 heavy (non-hydrogen) atoms. The van der Waals surface area contributed by atoms with Gasteiger partial charge < -0.3 is 0 Å². The molecule has 0 aliphatic rings. The van der Waals surface area contributed by atoms with Gasteiger partial charge in [0.05, 0.1) is 6.17 Å². The highest BCUT2D eigenvalue weighted by molar-refractivity contribution is 7.59. The fraction of sp³-hybridized carbons (Fsp3) is 1.00. The number of likely N-dealkylation sites (N-methyl/N-ethyl adjacent to an activating group) is 4. The second-order valence-corrected chi connectivity index (χ2v) is 10.0. The predicted molar refractivity (Wildman–Crippen MR) is 126 cm³/mol. The molecule has 0 radical (unpaired) electrons. The first-order valence-electron chi connectivity index (χ1n) is 11.7. The van der Waals surface area contributed by atoms with E-state index in [4.69, 9.17) is 0 Å². The summed E-state index contributed by atoms with van der Waals surface area (Å²) in [5.41, 5.74) is 0. The van der Waals surface area contributed by atoms with Gasteiger partial charge in [-0.15, -0.1) is 0 Å². The van der Waals surface area contributed by atoms with Crippen molar-refractivity contribution in [3.63, 3.8) is 0 Å². The Labute approximate surface area is 173 Å². The number of hydrogen-bond acceptors (Lipinski definition) is 4. The molecule has 0 fully saturated rings. The van der Waals surface area contributed by atoms with Crippen LogP contribution in [0.4, 0.5) is 0 Å². The zero-order valence-electron chi connectivity index (χ0n) is 20.4. The van der Waals surface area contributed by atoms with Crippen molar-refractivity contribution in [2.45, 2.75) is 80.8 Å². The van der Waals surface area contributed by atoms with Gasteiger partial charge >= 0.3 is 0 Å². The Bertz CT molecular complexity index is 303. The third-order valence-electron chi connectivity index (χ3n) is 6.35. The van der Waals surface area contributed by atoms with E-state index in [1.807, 2.05) is 0 Å². The van der Waals surface area contributed by atoms with Crippen molar-refractivity contribution in [1.82, 2.24) is 19.6 Å². The van der Waals surface area contributed by atoms with E-state index in [1.165, 1.54) is 12.3 Å². The van der Waals surface area contributed by atoms with Gasteiger partial charge in [-0.25, -0.2) is 0 Å². The zero-order chi connectivity index (χ0) is 21.0. The zero-order valence-corrected chi connectivity index (χ0v) is 21.3. The molecule has 0 atom stereocenters. The van der Waals surface area contributed by atoms with Crippen LogP contribution >= 0.6 is 7.92 Å². The van der Waals surface area contributed by atoms with Crippen molar-refractivity contribution in [2.75, 3.05) is 64.7 Å². The molecule has 0 saturated heterocycles. The number of hydrogen-bond donors (Lipinski definition) is 0. The van der Waals surface area contributed by atoms with Gasteiger partial charge in [0.1, 0.15) is 5.40 Å². The molecule has 0 amide bonds. The number of nitrogens with zero attached hydrogens (tertiary/aromatic N) is 4. The molecule has 0 aromatic rings. The largest absolute Gasteiger partial charge is 0.285 e. The molecule has 4 nitrogen and oxygen atoms in total. The Morgan fingerprint density at radius 2 is 0.815 bits per heavy atom. The molecule has 5 heteroatoms. The summed E-state index contributed by atoms with van der Waals surface area (Å²) in [5.74, 6) is 0. The molecule has 0 aromatic carbocycles. The molecule has 164 valence electrons. The fourth-order valence-corrected chi connectivity index (χ4v) is 8.41. The van der Waals surface area contributed by atoms with E-state index >= 15 is 0 Å². The van der Waals surface area contributed by atoms with Crippen LogP contribution in [0.1, 0.15) is 69.2 Å². The van der Waals surface area contributed by atoms with Crippen LogP contribution in [0.5, 0.6) is 0 Å². The van der Waals surface area contributed by atoms with E-state index in [1.54, 1.807) is 0 Å². The lowest BCUT2D eigenvalue weighted by molar-refractivity contribution is -0.106. The molecule has 0 spiro atoms. The maximum Gasteiger partial charge on any atom is 0.123 e. The minimum Gasteiger partial charge on any atom is -0.285 e. The van der Waals surface area contributed by atoms with Gasteiger partial charge in [-0.05, 0) is 64.7 Å². The first-order chi connectivity index (χ1) is 13.0. The van der Waals surface area contributed by atoms with Crippen LogP contribution in [0, 0.1) is 0 Å². The standard InChI is InChI=1S/C22H51N4P/c1-11-23(12-2)21(24(13-3)14-4)22(25(15-5)16-6,26(17-7)18-8)27(19-9)20-10/h21H,11-20H2,1-10H3. The van der Waals surface area contributed by atoms with Crippen LogP contribution in [0.25, 0.3) is 0 Å². The molecular weight excluding hydrogens is 351 g/mol. The van der Waals surface area contributed by atoms with E-state index in [9.17, 15) is 0 Å². The van der Waals surface area contributed by atoms with E-state index in [0.29, 0.717) is 6.17 Å². The van der Waals surface area contributed by atoms with Crippen LogP contribution in [0.3, 0.4) is 0 Å². The van der Waals surface area contributed by atoms with E-state index in [2.05, 4.69) is 88.8 Å². The topological polar surface area (TPSA) is 13.0 Å². The predicted octanol–water partition coefficient (Wildman–Crippen LogP) is 4.86. The van der Waals surface area contributed by atoms with Crippen molar-refractivity contribution < 1.29 is 0 Å². The third-order valence-corrected chi connectivity index (χ3v) is 9.60. The monoisotopic (exact) mass is 402 g/mol. The van der Waals surface area contributed by atoms with E-state index in [-0.39, 0.29) is 13.3 Å². The molecule has 0 aliphatic carbocycles. The molecule has 0 saturated carbocycles. The summed E-state index contributed by atoms with van der Waals surface area (Å²) in [7, 11) is -0.165. The van der Waals surface area contributed by atoms with Gasteiger partial charge in [-0.1, -0.05) is 77.2 Å². The van der Waals surface area contributed by atoms with E-state index < -0.39 is 0 Å². The Hall–Kier alpha value is 0.270. The second-order valence-electron chi connectivity index (χ2n) is 7.02. The summed E-state index contributed by atoms with van der Waals surface area (Å²) in [4.78, 5) is 11.1. The maximum absolute atomic E-state index is 2.82. The average molecular weight is 403 g/mol. The van der Waals surface area contributed by atoms with Crippen molar-refractivity contribution in [2.24, 2.45) is 0 Å². The number of rotatable bonds is 16. The van der Waals surface area contributed by atoms with Gasteiger partial charge in [0, 0.05) is 0 Å². The van der Waals surface area contributed by atoms with Crippen molar-refractivity contribution in [1.29, 1.82) is 0 Å². The summed E-state index contributed by atoms with van der Waals surface area (Å²) >= 11 is 0. The molecule has 0 N–H and O–H groups in total. The average Bonchev–Trinajstić information content (AvgIpc) is 2.70. The van der Waals surface area contributed by atoms with Crippen molar-refractivity contribution >= 4 is 7.92 Å². The smallest absolute Gasteiger partial charge is 0.123 e. The maximum atomic E-state index is 2.82. The highest BCUT2D eigenvalue weighted by Crippen LogP contribution is 2.56. The quantitative estimate of drug-likeness (QED) is 0.270. The lowest BCUT2D eigenvalue weighted by atomic mass is 10.1. The summed E-state index contributed by atoms with van der Waals surface area (Å²) in [6.07, 6.45) is 3.02. The van der Waals surface area contributed by atoms with Gasteiger partial charge in [-0.3, -0.25) is 19.6 Å². The van der Waals surface area contributed by atoms with E-state index in [0.717, 1.165) is 52.4 Å². The SMILES string of the molecule is CCN(CC)C(N(CC)CC)C(N(CC)CC)(N(CC)CC)P(CC)CC. The van der Waals surface area contributed by atoms with Gasteiger partial charge in [0.25, 0.3) is 0 Å². The summed E-state index contributed by atoms with van der Waals surface area (Å²) < 4.78 is 0. The first kappa shape index (κ1) is 27.3. The molecular formula is C22H51N4P. The highest BCUT2D eigenvalue weighted by Gasteiger charge is 2.54. The molecule has 0 heterocycles. The lowest BCUT2D eigenvalue weighted by Gasteiger charge is -2.62. The Kier molecular flexibility index (Phi) is 14.4. The molecule has 0 rings (SSSR count). The fourth-order valence-electron chi connectivity index (χ4n) is 5.02. The summed E-state index contributed by atoms with van der Waals surface area (Å²) in [6.45, 7) is 32.6. The van der Waals surface area contributed by atoms with Crippen LogP contribution in [0.15, 0.2) is 0 Å². The van der Waals surface area contributed by atoms with Gasteiger partial charge in [0.15, 0.2) is 0 Å². The van der Waals surface area contributed by atoms with Gasteiger partial charge in [-0.2, -0.15) is 0 Å². The van der Waals surface area contributed by atoms with Gasteiger partial charge in [0.2, 0.25) is 0 Å². The van der Waals surface area contributed by atoms with Crippen LogP contribution in [-0.2, 0) is 0 Å². The third kappa shape index (κ3) is 5.66. The summed E-state index contributed by atoms with van der Waals surface area (Å²) in [5, 5.41) is 0.101. The minimum atomic E-state index is -0.165.